The standard InChI is InChI=1S/C20H19NO4S2/c1-23-15-10-9-14(17(24-2)18(15)25-3)11-16-19(22)21(20(26)27-16)12-13-7-5-4-6-8-13/h4-11H,12H2,1-3H3. The Hall–Kier alpha value is -2.51. The van der Waals surface area contributed by atoms with Gasteiger partial charge in [-0.2, -0.15) is 0 Å². The first-order valence-electron chi connectivity index (χ1n) is 8.17. The van der Waals surface area contributed by atoms with Crippen LogP contribution in [0.25, 0.3) is 6.08 Å². The molecule has 1 aliphatic heterocycles. The number of amides is 1. The first-order chi connectivity index (χ1) is 13.1. The molecule has 2 aromatic carbocycles. The van der Waals surface area contributed by atoms with Gasteiger partial charge in [-0.05, 0) is 23.8 Å². The Bertz CT molecular complexity index is 896. The fourth-order valence-corrected chi connectivity index (χ4v) is 4.03. The highest BCUT2D eigenvalue weighted by Gasteiger charge is 2.32. The van der Waals surface area contributed by atoms with Crippen molar-refractivity contribution in [3.8, 4) is 17.2 Å². The number of ether oxygens (including phenoxy) is 3. The molecule has 0 saturated carbocycles. The third-order valence-corrected chi connectivity index (χ3v) is 5.46. The van der Waals surface area contributed by atoms with Gasteiger partial charge in [0.15, 0.2) is 11.5 Å². The maximum Gasteiger partial charge on any atom is 0.266 e. The van der Waals surface area contributed by atoms with E-state index in [-0.39, 0.29) is 5.91 Å². The summed E-state index contributed by atoms with van der Waals surface area (Å²) in [6.45, 7) is 0.450. The van der Waals surface area contributed by atoms with E-state index in [9.17, 15) is 4.79 Å². The van der Waals surface area contributed by atoms with Crippen LogP contribution in [0.4, 0.5) is 0 Å². The van der Waals surface area contributed by atoms with Gasteiger partial charge in [0.25, 0.3) is 5.91 Å². The fourth-order valence-electron chi connectivity index (χ4n) is 2.78. The highest BCUT2D eigenvalue weighted by Crippen LogP contribution is 2.42. The predicted molar refractivity (Wildman–Crippen MR) is 111 cm³/mol. The summed E-state index contributed by atoms with van der Waals surface area (Å²) in [5.74, 6) is 1.42. The molecule has 2 aromatic rings. The lowest BCUT2D eigenvalue weighted by Gasteiger charge is -2.15. The molecule has 0 N–H and O–H groups in total. The number of thioether (sulfide) groups is 1. The number of thiocarbonyl (C=S) groups is 1. The lowest BCUT2D eigenvalue weighted by Crippen LogP contribution is -2.27. The van der Waals surface area contributed by atoms with Crippen LogP contribution in [0.5, 0.6) is 17.2 Å². The number of hydrogen-bond donors (Lipinski definition) is 0. The van der Waals surface area contributed by atoms with Crippen molar-refractivity contribution in [1.82, 2.24) is 4.90 Å². The molecule has 0 unspecified atom stereocenters. The third kappa shape index (κ3) is 3.94. The second kappa shape index (κ2) is 8.45. The van der Waals surface area contributed by atoms with Crippen LogP contribution >= 0.6 is 24.0 Å². The van der Waals surface area contributed by atoms with Crippen molar-refractivity contribution in [3.63, 3.8) is 0 Å². The van der Waals surface area contributed by atoms with Gasteiger partial charge in [0.05, 0.1) is 32.8 Å². The number of hydrogen-bond acceptors (Lipinski definition) is 6. The smallest absolute Gasteiger partial charge is 0.266 e. The summed E-state index contributed by atoms with van der Waals surface area (Å²) in [5.41, 5.74) is 1.74. The van der Waals surface area contributed by atoms with Crippen molar-refractivity contribution >= 4 is 40.3 Å². The Morgan fingerprint density at radius 1 is 1.00 bits per heavy atom. The molecule has 1 amide bonds. The molecule has 27 heavy (non-hydrogen) atoms. The Kier molecular flexibility index (Phi) is 6.03. The van der Waals surface area contributed by atoms with Gasteiger partial charge in [0.1, 0.15) is 4.32 Å². The molecule has 0 radical (unpaired) electrons. The van der Waals surface area contributed by atoms with Crippen LogP contribution in [-0.4, -0.2) is 36.5 Å². The molecule has 1 fully saturated rings. The quantitative estimate of drug-likeness (QED) is 0.536. The van der Waals surface area contributed by atoms with Crippen molar-refractivity contribution in [3.05, 3.63) is 58.5 Å². The van der Waals surface area contributed by atoms with Crippen LogP contribution in [-0.2, 0) is 11.3 Å². The first-order valence-corrected chi connectivity index (χ1v) is 9.39. The summed E-state index contributed by atoms with van der Waals surface area (Å²) in [6, 6.07) is 13.4. The fraction of sp³-hybridized carbons (Fsp3) is 0.200. The number of carbonyl (C=O) groups excluding carboxylic acids is 1. The first kappa shape index (κ1) is 19.3. The highest BCUT2D eigenvalue weighted by atomic mass is 32.2. The second-order valence-electron chi connectivity index (χ2n) is 5.68. The molecule has 0 bridgehead atoms. The van der Waals surface area contributed by atoms with E-state index < -0.39 is 0 Å². The van der Waals surface area contributed by atoms with E-state index in [0.717, 1.165) is 11.1 Å². The second-order valence-corrected chi connectivity index (χ2v) is 7.35. The van der Waals surface area contributed by atoms with Crippen molar-refractivity contribution in [1.29, 1.82) is 0 Å². The molecular formula is C20H19NO4S2. The summed E-state index contributed by atoms with van der Waals surface area (Å²) < 4.78 is 16.7. The van der Waals surface area contributed by atoms with Gasteiger partial charge in [-0.25, -0.2) is 0 Å². The summed E-state index contributed by atoms with van der Waals surface area (Å²) >= 11 is 6.69. The third-order valence-electron chi connectivity index (χ3n) is 4.08. The zero-order chi connectivity index (χ0) is 19.4. The van der Waals surface area contributed by atoms with Gasteiger partial charge in [-0.3, -0.25) is 9.69 Å². The molecule has 7 heteroatoms. The van der Waals surface area contributed by atoms with Crippen molar-refractivity contribution in [2.45, 2.75) is 6.54 Å². The Morgan fingerprint density at radius 3 is 2.33 bits per heavy atom. The number of carbonyl (C=O) groups is 1. The van der Waals surface area contributed by atoms with Crippen LogP contribution in [0, 0.1) is 0 Å². The van der Waals surface area contributed by atoms with Gasteiger partial charge in [0, 0.05) is 5.56 Å². The molecular weight excluding hydrogens is 382 g/mol. The van der Waals surface area contributed by atoms with E-state index in [2.05, 4.69) is 0 Å². The number of nitrogens with zero attached hydrogens (tertiary/aromatic N) is 1. The van der Waals surface area contributed by atoms with Gasteiger partial charge in [0.2, 0.25) is 5.75 Å². The molecule has 140 valence electrons. The SMILES string of the molecule is COc1ccc(C=C2SC(=S)N(Cc3ccccc3)C2=O)c(OC)c1OC. The maximum atomic E-state index is 12.9. The molecule has 0 spiro atoms. The topological polar surface area (TPSA) is 48.0 Å². The van der Waals surface area contributed by atoms with E-state index in [1.54, 1.807) is 38.4 Å². The van der Waals surface area contributed by atoms with Gasteiger partial charge >= 0.3 is 0 Å². The van der Waals surface area contributed by atoms with Crippen LogP contribution in [0.1, 0.15) is 11.1 Å². The van der Waals surface area contributed by atoms with E-state index in [1.165, 1.54) is 11.8 Å². The number of methoxy groups -OCH3 is 3. The van der Waals surface area contributed by atoms with E-state index >= 15 is 0 Å². The van der Waals surface area contributed by atoms with Crippen molar-refractivity contribution < 1.29 is 19.0 Å². The minimum absolute atomic E-state index is 0.120. The molecule has 1 saturated heterocycles. The molecule has 5 nitrogen and oxygen atoms in total. The van der Waals surface area contributed by atoms with Gasteiger partial charge in [-0.1, -0.05) is 54.3 Å². The summed E-state index contributed by atoms with van der Waals surface area (Å²) in [6.07, 6.45) is 1.77. The summed E-state index contributed by atoms with van der Waals surface area (Å²) in [4.78, 5) is 15.0. The largest absolute Gasteiger partial charge is 0.493 e. The van der Waals surface area contributed by atoms with Gasteiger partial charge in [-0.15, -0.1) is 0 Å². The van der Waals surface area contributed by atoms with Crippen LogP contribution < -0.4 is 14.2 Å². The minimum Gasteiger partial charge on any atom is -0.493 e. The van der Waals surface area contributed by atoms with E-state index in [0.29, 0.717) is 33.0 Å². The highest BCUT2D eigenvalue weighted by molar-refractivity contribution is 8.26. The normalized spacial score (nSPS) is 15.4. The number of benzene rings is 2. The van der Waals surface area contributed by atoms with Crippen molar-refractivity contribution in [2.24, 2.45) is 0 Å². The molecule has 1 aliphatic rings. The average molecular weight is 402 g/mol. The Labute approximate surface area is 167 Å². The maximum absolute atomic E-state index is 12.9. The van der Waals surface area contributed by atoms with Crippen molar-refractivity contribution in [2.75, 3.05) is 21.3 Å². The average Bonchev–Trinajstić information content (AvgIpc) is 2.95. The summed E-state index contributed by atoms with van der Waals surface area (Å²) in [5, 5.41) is 0. The Balaban J connectivity index is 1.92. The molecule has 0 aliphatic carbocycles. The van der Waals surface area contributed by atoms with Gasteiger partial charge < -0.3 is 14.2 Å². The zero-order valence-electron chi connectivity index (χ0n) is 15.2. The lowest BCUT2D eigenvalue weighted by atomic mass is 10.1. The summed E-state index contributed by atoms with van der Waals surface area (Å²) in [7, 11) is 4.66. The van der Waals surface area contributed by atoms with Crippen LogP contribution in [0.3, 0.4) is 0 Å². The van der Waals surface area contributed by atoms with Crippen LogP contribution in [0.15, 0.2) is 47.4 Å². The molecule has 0 atom stereocenters. The van der Waals surface area contributed by atoms with Crippen LogP contribution in [0.2, 0.25) is 0 Å². The zero-order valence-corrected chi connectivity index (χ0v) is 16.9. The van der Waals surface area contributed by atoms with E-state index in [1.807, 2.05) is 36.4 Å². The lowest BCUT2D eigenvalue weighted by molar-refractivity contribution is -0.122. The van der Waals surface area contributed by atoms with E-state index in [4.69, 9.17) is 26.4 Å². The predicted octanol–water partition coefficient (Wildman–Crippen LogP) is 4.11. The molecule has 3 rings (SSSR count). The minimum atomic E-state index is -0.120. The Morgan fingerprint density at radius 2 is 1.70 bits per heavy atom. The molecule has 1 heterocycles. The molecule has 0 aromatic heterocycles. The monoisotopic (exact) mass is 401 g/mol. The number of rotatable bonds is 6.